The van der Waals surface area contributed by atoms with Crippen molar-refractivity contribution in [3.63, 3.8) is 0 Å². The molecule has 1 amide bonds. The molecule has 0 aliphatic rings. The molecule has 0 saturated heterocycles. The van der Waals surface area contributed by atoms with Gasteiger partial charge in [0.05, 0.1) is 0 Å². The molecule has 0 unspecified atom stereocenters. The van der Waals surface area contributed by atoms with Crippen LogP contribution in [-0.4, -0.2) is 17.3 Å². The molecule has 0 atom stereocenters. The maximum atomic E-state index is 12.9. The van der Waals surface area contributed by atoms with Crippen molar-refractivity contribution in [3.05, 3.63) is 35.1 Å². The van der Waals surface area contributed by atoms with Crippen molar-refractivity contribution < 1.29 is 14.4 Å². The first kappa shape index (κ1) is 9.34. The fourth-order valence-electron chi connectivity index (χ4n) is 0.850. The van der Waals surface area contributed by atoms with Gasteiger partial charge >= 0.3 is 0 Å². The maximum absolute atomic E-state index is 12.9. The average Bonchev–Trinajstić information content (AvgIpc) is 2.16. The SMILES string of the molecule is N=Cc1ccc(C(=O)NO)cc1F. The van der Waals surface area contributed by atoms with E-state index in [1.54, 1.807) is 0 Å². The Hall–Kier alpha value is -1.75. The number of carbonyl (C=O) groups excluding carboxylic acids is 1. The summed E-state index contributed by atoms with van der Waals surface area (Å²) in [7, 11) is 0. The highest BCUT2D eigenvalue weighted by Crippen LogP contribution is 2.08. The van der Waals surface area contributed by atoms with Gasteiger partial charge in [-0.2, -0.15) is 0 Å². The molecular formula is C8H7FN2O2. The van der Waals surface area contributed by atoms with E-state index in [-0.39, 0.29) is 11.1 Å². The monoisotopic (exact) mass is 182 g/mol. The lowest BCUT2D eigenvalue weighted by atomic mass is 10.1. The predicted molar refractivity (Wildman–Crippen MR) is 43.5 cm³/mol. The normalized spacial score (nSPS) is 9.38. The molecule has 3 N–H and O–H groups in total. The number of amides is 1. The van der Waals surface area contributed by atoms with Crippen LogP contribution in [-0.2, 0) is 0 Å². The molecule has 0 aliphatic carbocycles. The quantitative estimate of drug-likeness (QED) is 0.362. The molecule has 13 heavy (non-hydrogen) atoms. The van der Waals surface area contributed by atoms with Gasteiger partial charge in [-0.1, -0.05) is 0 Å². The molecule has 1 aromatic carbocycles. The number of carbonyl (C=O) groups is 1. The van der Waals surface area contributed by atoms with Crippen LogP contribution < -0.4 is 5.48 Å². The van der Waals surface area contributed by atoms with Gasteiger partial charge in [0, 0.05) is 17.3 Å². The smallest absolute Gasteiger partial charge is 0.274 e. The van der Waals surface area contributed by atoms with E-state index in [0.29, 0.717) is 0 Å². The van der Waals surface area contributed by atoms with E-state index < -0.39 is 11.7 Å². The van der Waals surface area contributed by atoms with E-state index in [4.69, 9.17) is 10.6 Å². The summed E-state index contributed by atoms with van der Waals surface area (Å²) in [5.41, 5.74) is 1.48. The highest BCUT2D eigenvalue weighted by atomic mass is 19.1. The molecule has 5 heteroatoms. The molecule has 0 heterocycles. The Bertz CT molecular complexity index is 352. The van der Waals surface area contributed by atoms with Crippen LogP contribution in [0.3, 0.4) is 0 Å². The van der Waals surface area contributed by atoms with E-state index >= 15 is 0 Å². The number of hydrogen-bond donors (Lipinski definition) is 3. The molecule has 0 bridgehead atoms. The lowest BCUT2D eigenvalue weighted by molar-refractivity contribution is 0.0706. The Labute approximate surface area is 73.5 Å². The number of halogens is 1. The van der Waals surface area contributed by atoms with Crippen LogP contribution in [0, 0.1) is 11.2 Å². The van der Waals surface area contributed by atoms with Crippen LogP contribution in [0.15, 0.2) is 18.2 Å². The number of hydroxylamine groups is 1. The van der Waals surface area contributed by atoms with E-state index in [2.05, 4.69) is 0 Å². The molecule has 0 radical (unpaired) electrons. The van der Waals surface area contributed by atoms with Gasteiger partial charge < -0.3 is 5.41 Å². The standard InChI is InChI=1S/C8H7FN2O2/c9-7-3-5(8(12)11-13)1-2-6(7)4-10/h1-4,10,13H,(H,11,12). The van der Waals surface area contributed by atoms with Crippen LogP contribution in [0.25, 0.3) is 0 Å². The lowest BCUT2D eigenvalue weighted by Crippen LogP contribution is -2.18. The van der Waals surface area contributed by atoms with Crippen molar-refractivity contribution in [1.29, 1.82) is 5.41 Å². The zero-order valence-corrected chi connectivity index (χ0v) is 6.54. The highest BCUT2D eigenvalue weighted by molar-refractivity contribution is 5.94. The van der Waals surface area contributed by atoms with Gasteiger partial charge in [0.15, 0.2) is 0 Å². The third kappa shape index (κ3) is 1.88. The van der Waals surface area contributed by atoms with Crippen molar-refractivity contribution in [3.8, 4) is 0 Å². The van der Waals surface area contributed by atoms with Crippen molar-refractivity contribution >= 4 is 12.1 Å². The number of rotatable bonds is 2. The zero-order valence-electron chi connectivity index (χ0n) is 6.54. The summed E-state index contributed by atoms with van der Waals surface area (Å²) >= 11 is 0. The first-order valence-corrected chi connectivity index (χ1v) is 3.43. The lowest BCUT2D eigenvalue weighted by Gasteiger charge is -2.00. The zero-order chi connectivity index (χ0) is 9.84. The molecule has 1 aromatic rings. The topological polar surface area (TPSA) is 73.2 Å². The van der Waals surface area contributed by atoms with E-state index in [9.17, 15) is 9.18 Å². The van der Waals surface area contributed by atoms with Crippen LogP contribution in [0.2, 0.25) is 0 Å². The fraction of sp³-hybridized carbons (Fsp3) is 0. The first-order valence-electron chi connectivity index (χ1n) is 3.43. The summed E-state index contributed by atoms with van der Waals surface area (Å²) in [6.45, 7) is 0. The van der Waals surface area contributed by atoms with E-state index in [1.807, 2.05) is 0 Å². The molecule has 0 spiro atoms. The van der Waals surface area contributed by atoms with Gasteiger partial charge in [0.2, 0.25) is 0 Å². The Morgan fingerprint density at radius 2 is 2.31 bits per heavy atom. The van der Waals surface area contributed by atoms with Gasteiger partial charge in [-0.3, -0.25) is 10.0 Å². The number of benzene rings is 1. The molecule has 0 aromatic heterocycles. The summed E-state index contributed by atoms with van der Waals surface area (Å²) in [4.78, 5) is 10.8. The van der Waals surface area contributed by atoms with Crippen molar-refractivity contribution in [1.82, 2.24) is 5.48 Å². The minimum absolute atomic E-state index is 0.00519. The third-order valence-corrected chi connectivity index (χ3v) is 1.52. The molecule has 0 fully saturated rings. The van der Waals surface area contributed by atoms with Gasteiger partial charge in [0.25, 0.3) is 5.91 Å². The first-order chi connectivity index (χ1) is 6.19. The van der Waals surface area contributed by atoms with E-state index in [1.165, 1.54) is 17.6 Å². The van der Waals surface area contributed by atoms with Gasteiger partial charge in [-0.05, 0) is 18.2 Å². The summed E-state index contributed by atoms with van der Waals surface area (Å²) < 4.78 is 12.9. The Morgan fingerprint density at radius 3 is 2.77 bits per heavy atom. The van der Waals surface area contributed by atoms with Crippen molar-refractivity contribution in [2.24, 2.45) is 0 Å². The van der Waals surface area contributed by atoms with Gasteiger partial charge in [-0.25, -0.2) is 9.87 Å². The van der Waals surface area contributed by atoms with Crippen LogP contribution in [0.5, 0.6) is 0 Å². The molecular weight excluding hydrogens is 175 g/mol. The summed E-state index contributed by atoms with van der Waals surface area (Å²) in [6, 6.07) is 3.55. The summed E-state index contributed by atoms with van der Waals surface area (Å²) in [6.07, 6.45) is 0.843. The minimum Gasteiger partial charge on any atom is -0.308 e. The second kappa shape index (κ2) is 3.77. The molecule has 4 nitrogen and oxygen atoms in total. The van der Waals surface area contributed by atoms with Crippen molar-refractivity contribution in [2.75, 3.05) is 0 Å². The highest BCUT2D eigenvalue weighted by Gasteiger charge is 2.06. The van der Waals surface area contributed by atoms with E-state index in [0.717, 1.165) is 12.3 Å². The molecule has 0 saturated carbocycles. The Balaban J connectivity index is 3.09. The largest absolute Gasteiger partial charge is 0.308 e. The van der Waals surface area contributed by atoms with Crippen molar-refractivity contribution in [2.45, 2.75) is 0 Å². The third-order valence-electron chi connectivity index (χ3n) is 1.52. The minimum atomic E-state index is -0.782. The Morgan fingerprint density at radius 1 is 1.62 bits per heavy atom. The van der Waals surface area contributed by atoms with Crippen LogP contribution in [0.4, 0.5) is 4.39 Å². The van der Waals surface area contributed by atoms with Crippen LogP contribution >= 0.6 is 0 Å². The summed E-state index contributed by atoms with van der Waals surface area (Å²) in [5, 5.41) is 15.0. The Kier molecular flexibility index (Phi) is 2.71. The molecule has 68 valence electrons. The predicted octanol–water partition coefficient (Wildman–Crippen LogP) is 0.942. The average molecular weight is 182 g/mol. The maximum Gasteiger partial charge on any atom is 0.274 e. The molecule has 1 rings (SSSR count). The van der Waals surface area contributed by atoms with Crippen LogP contribution in [0.1, 0.15) is 15.9 Å². The second-order valence-electron chi connectivity index (χ2n) is 2.32. The number of nitrogens with one attached hydrogen (secondary N) is 2. The fourth-order valence-corrected chi connectivity index (χ4v) is 0.850. The number of hydrogen-bond acceptors (Lipinski definition) is 3. The van der Waals surface area contributed by atoms with Gasteiger partial charge in [-0.15, -0.1) is 0 Å². The summed E-state index contributed by atoms with van der Waals surface area (Å²) in [5.74, 6) is -1.45. The molecule has 0 aliphatic heterocycles. The van der Waals surface area contributed by atoms with Gasteiger partial charge in [0.1, 0.15) is 5.82 Å². The second-order valence-corrected chi connectivity index (χ2v) is 2.32.